The Morgan fingerprint density at radius 3 is 2.50 bits per heavy atom. The maximum atomic E-state index is 13.8. The van der Waals surface area contributed by atoms with Gasteiger partial charge in [-0.3, -0.25) is 19.1 Å². The molecule has 0 spiro atoms. The SMILES string of the molecule is O=C(Cn1ccc(=O)[nH]c1=O)N[C@@H](COc1ccccc1F)c1ccccc1. The molecule has 0 aliphatic heterocycles. The molecular weight excluding hydrogens is 365 g/mol. The van der Waals surface area contributed by atoms with Crippen LogP contribution in [0, 0.1) is 5.82 Å². The second kappa shape index (κ2) is 8.81. The first-order valence-electron chi connectivity index (χ1n) is 8.54. The lowest BCUT2D eigenvalue weighted by molar-refractivity contribution is -0.122. The van der Waals surface area contributed by atoms with E-state index in [2.05, 4.69) is 10.3 Å². The van der Waals surface area contributed by atoms with Gasteiger partial charge >= 0.3 is 5.69 Å². The van der Waals surface area contributed by atoms with E-state index in [-0.39, 0.29) is 18.9 Å². The molecule has 1 amide bonds. The highest BCUT2D eigenvalue weighted by Crippen LogP contribution is 2.19. The number of benzene rings is 2. The van der Waals surface area contributed by atoms with E-state index in [9.17, 15) is 18.8 Å². The smallest absolute Gasteiger partial charge is 0.328 e. The van der Waals surface area contributed by atoms with Crippen molar-refractivity contribution in [2.24, 2.45) is 0 Å². The van der Waals surface area contributed by atoms with Crippen LogP contribution < -0.4 is 21.3 Å². The summed E-state index contributed by atoms with van der Waals surface area (Å²) in [7, 11) is 0. The van der Waals surface area contributed by atoms with E-state index in [0.29, 0.717) is 0 Å². The zero-order valence-electron chi connectivity index (χ0n) is 14.8. The molecule has 144 valence electrons. The van der Waals surface area contributed by atoms with Crippen LogP contribution in [-0.2, 0) is 11.3 Å². The van der Waals surface area contributed by atoms with E-state index in [1.165, 1.54) is 18.3 Å². The minimum Gasteiger partial charge on any atom is -0.488 e. The lowest BCUT2D eigenvalue weighted by Crippen LogP contribution is -2.38. The van der Waals surface area contributed by atoms with Gasteiger partial charge in [-0.2, -0.15) is 0 Å². The molecule has 0 bridgehead atoms. The summed E-state index contributed by atoms with van der Waals surface area (Å²) in [6.07, 6.45) is 1.24. The molecule has 8 heteroatoms. The van der Waals surface area contributed by atoms with Crippen LogP contribution in [0.4, 0.5) is 4.39 Å². The number of nitrogens with zero attached hydrogens (tertiary/aromatic N) is 1. The topological polar surface area (TPSA) is 93.2 Å². The maximum Gasteiger partial charge on any atom is 0.328 e. The monoisotopic (exact) mass is 383 g/mol. The molecule has 7 nitrogen and oxygen atoms in total. The minimum absolute atomic E-state index is 0.00277. The Morgan fingerprint density at radius 1 is 1.07 bits per heavy atom. The molecule has 0 fully saturated rings. The zero-order chi connectivity index (χ0) is 19.9. The fraction of sp³-hybridized carbons (Fsp3) is 0.150. The number of hydrogen-bond acceptors (Lipinski definition) is 4. The minimum atomic E-state index is -0.679. The Kier molecular flexibility index (Phi) is 6.01. The van der Waals surface area contributed by atoms with Gasteiger partial charge in [-0.1, -0.05) is 42.5 Å². The first kappa shape index (κ1) is 19.1. The van der Waals surface area contributed by atoms with Crippen molar-refractivity contribution in [2.75, 3.05) is 6.61 Å². The van der Waals surface area contributed by atoms with Crippen LogP contribution >= 0.6 is 0 Å². The van der Waals surface area contributed by atoms with E-state index in [4.69, 9.17) is 4.74 Å². The van der Waals surface area contributed by atoms with Crippen LogP contribution in [0.15, 0.2) is 76.4 Å². The lowest BCUT2D eigenvalue weighted by atomic mass is 10.1. The molecular formula is C20H18FN3O4. The van der Waals surface area contributed by atoms with Gasteiger partial charge < -0.3 is 10.1 Å². The summed E-state index contributed by atoms with van der Waals surface area (Å²) in [6, 6.07) is 15.7. The highest BCUT2D eigenvalue weighted by atomic mass is 19.1. The van der Waals surface area contributed by atoms with Gasteiger partial charge in [0.05, 0.1) is 6.04 Å². The first-order chi connectivity index (χ1) is 13.5. The number of halogens is 1. The molecule has 0 unspecified atom stereocenters. The van der Waals surface area contributed by atoms with E-state index >= 15 is 0 Å². The van der Waals surface area contributed by atoms with E-state index < -0.39 is 29.0 Å². The van der Waals surface area contributed by atoms with Gasteiger partial charge in [-0.25, -0.2) is 9.18 Å². The average Bonchev–Trinajstić information content (AvgIpc) is 2.69. The Bertz CT molecular complexity index is 1060. The van der Waals surface area contributed by atoms with Gasteiger partial charge in [0.25, 0.3) is 5.56 Å². The highest BCUT2D eigenvalue weighted by molar-refractivity contribution is 5.76. The summed E-state index contributed by atoms with van der Waals surface area (Å²) in [6.45, 7) is -0.282. The fourth-order valence-corrected chi connectivity index (χ4v) is 2.60. The lowest BCUT2D eigenvalue weighted by Gasteiger charge is -2.20. The molecule has 1 aromatic heterocycles. The third-order valence-corrected chi connectivity index (χ3v) is 3.99. The number of rotatable bonds is 7. The summed E-state index contributed by atoms with van der Waals surface area (Å²) < 4.78 is 20.4. The number of hydrogen-bond donors (Lipinski definition) is 2. The molecule has 0 radical (unpaired) electrons. The number of H-pyrrole nitrogens is 1. The van der Waals surface area contributed by atoms with Crippen molar-refractivity contribution in [1.29, 1.82) is 0 Å². The summed E-state index contributed by atoms with van der Waals surface area (Å²) in [5.41, 5.74) is -0.454. The largest absolute Gasteiger partial charge is 0.488 e. The van der Waals surface area contributed by atoms with Crippen molar-refractivity contribution in [2.45, 2.75) is 12.6 Å². The van der Waals surface area contributed by atoms with Gasteiger partial charge in [0.15, 0.2) is 11.6 Å². The number of aromatic nitrogens is 2. The number of para-hydroxylation sites is 1. The van der Waals surface area contributed by atoms with Gasteiger partial charge in [-0.15, -0.1) is 0 Å². The molecule has 28 heavy (non-hydrogen) atoms. The van der Waals surface area contributed by atoms with E-state index in [1.54, 1.807) is 12.1 Å². The van der Waals surface area contributed by atoms with Crippen molar-refractivity contribution < 1.29 is 13.9 Å². The third-order valence-electron chi connectivity index (χ3n) is 3.99. The average molecular weight is 383 g/mol. The standard InChI is InChI=1S/C20H18FN3O4/c21-15-8-4-5-9-17(15)28-13-16(14-6-2-1-3-7-14)22-19(26)12-24-11-10-18(25)23-20(24)27/h1-11,16H,12-13H2,(H,22,26)(H,23,25,27)/t16-/m0/s1. The maximum absolute atomic E-state index is 13.8. The van der Waals surface area contributed by atoms with Crippen molar-refractivity contribution >= 4 is 5.91 Å². The number of carbonyl (C=O) groups excluding carboxylic acids is 1. The van der Waals surface area contributed by atoms with Crippen LogP contribution in [0.25, 0.3) is 0 Å². The van der Waals surface area contributed by atoms with Gasteiger partial charge in [-0.05, 0) is 17.7 Å². The van der Waals surface area contributed by atoms with Crippen LogP contribution in [0.2, 0.25) is 0 Å². The Labute approximate surface area is 159 Å². The summed E-state index contributed by atoms with van der Waals surface area (Å²) in [5, 5.41) is 2.78. The van der Waals surface area contributed by atoms with Crippen molar-refractivity contribution in [3.05, 3.63) is 99.1 Å². The van der Waals surface area contributed by atoms with Gasteiger partial charge in [0, 0.05) is 12.3 Å². The highest BCUT2D eigenvalue weighted by Gasteiger charge is 2.17. The molecule has 0 saturated heterocycles. The third kappa shape index (κ3) is 4.94. The Morgan fingerprint density at radius 2 is 1.79 bits per heavy atom. The summed E-state index contributed by atoms with van der Waals surface area (Å²) in [5.74, 6) is -0.880. The normalized spacial score (nSPS) is 11.6. The van der Waals surface area contributed by atoms with Crippen molar-refractivity contribution in [1.82, 2.24) is 14.9 Å². The summed E-state index contributed by atoms with van der Waals surface area (Å²) in [4.78, 5) is 37.4. The van der Waals surface area contributed by atoms with Crippen LogP contribution in [0.3, 0.4) is 0 Å². The van der Waals surface area contributed by atoms with Crippen LogP contribution in [0.5, 0.6) is 5.75 Å². The molecule has 3 aromatic rings. The van der Waals surface area contributed by atoms with E-state index in [1.807, 2.05) is 30.3 Å². The second-order valence-electron chi connectivity index (χ2n) is 6.01. The van der Waals surface area contributed by atoms with Gasteiger partial charge in [0.1, 0.15) is 13.2 Å². The fourth-order valence-electron chi connectivity index (χ4n) is 2.60. The van der Waals surface area contributed by atoms with E-state index in [0.717, 1.165) is 16.2 Å². The molecule has 0 saturated carbocycles. The molecule has 2 N–H and O–H groups in total. The molecule has 0 aliphatic rings. The molecule has 3 rings (SSSR count). The number of aromatic amines is 1. The molecule has 2 aromatic carbocycles. The Balaban J connectivity index is 1.73. The zero-order valence-corrected chi connectivity index (χ0v) is 14.8. The van der Waals surface area contributed by atoms with Crippen molar-refractivity contribution in [3.63, 3.8) is 0 Å². The quantitative estimate of drug-likeness (QED) is 0.648. The molecule has 1 heterocycles. The number of carbonyl (C=O) groups is 1. The number of amides is 1. The number of nitrogens with one attached hydrogen (secondary N) is 2. The van der Waals surface area contributed by atoms with Crippen molar-refractivity contribution in [3.8, 4) is 5.75 Å². The Hall–Kier alpha value is -3.68. The van der Waals surface area contributed by atoms with Gasteiger partial charge in [0.2, 0.25) is 5.91 Å². The van der Waals surface area contributed by atoms with Crippen LogP contribution in [-0.4, -0.2) is 22.1 Å². The predicted molar refractivity (Wildman–Crippen MR) is 101 cm³/mol. The van der Waals surface area contributed by atoms with Crippen LogP contribution in [0.1, 0.15) is 11.6 Å². The predicted octanol–water partition coefficient (Wildman–Crippen LogP) is 1.61. The second-order valence-corrected chi connectivity index (χ2v) is 6.01. The molecule has 0 aliphatic carbocycles. The number of ether oxygens (including phenoxy) is 1. The summed E-state index contributed by atoms with van der Waals surface area (Å²) >= 11 is 0. The first-order valence-corrected chi connectivity index (χ1v) is 8.54. The molecule has 1 atom stereocenters.